The van der Waals surface area contributed by atoms with Crippen molar-refractivity contribution in [1.82, 2.24) is 9.88 Å². The molecule has 2 nitrogen and oxygen atoms in total. The SMILES string of the molecule is CCC(C)N(C)Cc1cncc(Br)c1. The Balaban J connectivity index is 2.60. The summed E-state index contributed by atoms with van der Waals surface area (Å²) in [4.78, 5) is 6.49. The lowest BCUT2D eigenvalue weighted by Gasteiger charge is -2.23. The highest BCUT2D eigenvalue weighted by atomic mass is 79.9. The van der Waals surface area contributed by atoms with Crippen LogP contribution >= 0.6 is 15.9 Å². The number of pyridine rings is 1. The van der Waals surface area contributed by atoms with Gasteiger partial charge < -0.3 is 0 Å². The number of halogens is 1. The standard InChI is InChI=1S/C11H17BrN2/c1-4-9(2)14(3)8-10-5-11(12)7-13-6-10/h5-7,9H,4,8H2,1-3H3. The van der Waals surface area contributed by atoms with Crippen LogP contribution in [0.5, 0.6) is 0 Å². The summed E-state index contributed by atoms with van der Waals surface area (Å²) < 4.78 is 1.05. The monoisotopic (exact) mass is 256 g/mol. The molecule has 1 heterocycles. The molecule has 1 atom stereocenters. The molecule has 1 aromatic heterocycles. The molecule has 0 saturated carbocycles. The Hall–Kier alpha value is -0.410. The molecule has 1 aromatic rings. The average Bonchev–Trinajstić information content (AvgIpc) is 2.16. The van der Waals surface area contributed by atoms with Gasteiger partial charge >= 0.3 is 0 Å². The third kappa shape index (κ3) is 3.39. The van der Waals surface area contributed by atoms with Gasteiger partial charge in [0.05, 0.1) is 0 Å². The Labute approximate surface area is 94.5 Å². The van der Waals surface area contributed by atoms with E-state index in [1.807, 2.05) is 12.4 Å². The van der Waals surface area contributed by atoms with Gasteiger partial charge in [-0.1, -0.05) is 6.92 Å². The minimum Gasteiger partial charge on any atom is -0.299 e. The van der Waals surface area contributed by atoms with Gasteiger partial charge in [0.2, 0.25) is 0 Å². The van der Waals surface area contributed by atoms with Crippen molar-refractivity contribution in [2.45, 2.75) is 32.9 Å². The summed E-state index contributed by atoms with van der Waals surface area (Å²) in [7, 11) is 2.15. The van der Waals surface area contributed by atoms with Gasteiger partial charge in [-0.2, -0.15) is 0 Å². The fraction of sp³-hybridized carbons (Fsp3) is 0.545. The fourth-order valence-electron chi connectivity index (χ4n) is 1.30. The number of aromatic nitrogens is 1. The summed E-state index contributed by atoms with van der Waals surface area (Å²) >= 11 is 3.43. The van der Waals surface area contributed by atoms with Crippen LogP contribution < -0.4 is 0 Å². The van der Waals surface area contributed by atoms with Crippen LogP contribution in [-0.2, 0) is 6.54 Å². The molecule has 1 unspecified atom stereocenters. The van der Waals surface area contributed by atoms with E-state index in [4.69, 9.17) is 0 Å². The zero-order chi connectivity index (χ0) is 10.6. The first-order chi connectivity index (χ1) is 6.63. The number of hydrogen-bond donors (Lipinski definition) is 0. The summed E-state index contributed by atoms with van der Waals surface area (Å²) in [5, 5.41) is 0. The van der Waals surface area contributed by atoms with Crippen molar-refractivity contribution in [1.29, 1.82) is 0 Å². The van der Waals surface area contributed by atoms with E-state index in [1.54, 1.807) is 0 Å². The Morgan fingerprint density at radius 1 is 1.50 bits per heavy atom. The molecular formula is C11H17BrN2. The van der Waals surface area contributed by atoms with Gasteiger partial charge in [0, 0.05) is 29.5 Å². The normalized spacial score (nSPS) is 13.2. The Morgan fingerprint density at radius 2 is 2.21 bits per heavy atom. The zero-order valence-electron chi connectivity index (χ0n) is 9.00. The smallest absolute Gasteiger partial charge is 0.0410 e. The minimum atomic E-state index is 0.619. The molecule has 3 heteroatoms. The van der Waals surface area contributed by atoms with Gasteiger partial charge in [0.25, 0.3) is 0 Å². The van der Waals surface area contributed by atoms with Crippen molar-refractivity contribution >= 4 is 15.9 Å². The predicted octanol–water partition coefficient (Wildman–Crippen LogP) is 3.07. The Bertz CT molecular complexity index is 288. The molecule has 0 spiro atoms. The molecule has 0 radical (unpaired) electrons. The fourth-order valence-corrected chi connectivity index (χ4v) is 1.71. The van der Waals surface area contributed by atoms with Crippen LogP contribution in [0.25, 0.3) is 0 Å². The van der Waals surface area contributed by atoms with Crippen LogP contribution in [0.2, 0.25) is 0 Å². The van der Waals surface area contributed by atoms with Gasteiger partial charge in [-0.05, 0) is 48.0 Å². The van der Waals surface area contributed by atoms with Crippen LogP contribution in [0.15, 0.2) is 22.9 Å². The maximum atomic E-state index is 4.15. The van der Waals surface area contributed by atoms with E-state index in [-0.39, 0.29) is 0 Å². The quantitative estimate of drug-likeness (QED) is 0.824. The molecule has 1 rings (SSSR count). The lowest BCUT2D eigenvalue weighted by atomic mass is 10.2. The van der Waals surface area contributed by atoms with E-state index >= 15 is 0 Å². The van der Waals surface area contributed by atoms with Crippen molar-refractivity contribution in [2.75, 3.05) is 7.05 Å². The van der Waals surface area contributed by atoms with E-state index in [2.05, 4.69) is 52.8 Å². The van der Waals surface area contributed by atoms with Gasteiger partial charge in [-0.3, -0.25) is 9.88 Å². The first kappa shape index (κ1) is 11.7. The highest BCUT2D eigenvalue weighted by Gasteiger charge is 2.07. The molecule has 0 fully saturated rings. The van der Waals surface area contributed by atoms with Crippen LogP contribution in [-0.4, -0.2) is 23.0 Å². The molecule has 0 saturated heterocycles. The molecule has 0 bridgehead atoms. The molecule has 0 aliphatic carbocycles. The largest absolute Gasteiger partial charge is 0.299 e. The number of hydrogen-bond acceptors (Lipinski definition) is 2. The summed E-state index contributed by atoms with van der Waals surface area (Å²) in [6, 6.07) is 2.74. The first-order valence-corrected chi connectivity index (χ1v) is 5.72. The van der Waals surface area contributed by atoms with Crippen LogP contribution in [0, 0.1) is 0 Å². The molecule has 0 N–H and O–H groups in total. The number of nitrogens with zero attached hydrogens (tertiary/aromatic N) is 2. The van der Waals surface area contributed by atoms with Crippen LogP contribution in [0.4, 0.5) is 0 Å². The molecule has 0 amide bonds. The Kier molecular flexibility index (Phi) is 4.55. The summed E-state index contributed by atoms with van der Waals surface area (Å²) in [6.07, 6.45) is 4.91. The molecule has 14 heavy (non-hydrogen) atoms. The van der Waals surface area contributed by atoms with Gasteiger partial charge in [0.15, 0.2) is 0 Å². The van der Waals surface area contributed by atoms with E-state index in [0.717, 1.165) is 11.0 Å². The van der Waals surface area contributed by atoms with Crippen molar-refractivity contribution < 1.29 is 0 Å². The van der Waals surface area contributed by atoms with Crippen molar-refractivity contribution in [3.05, 3.63) is 28.5 Å². The molecular weight excluding hydrogens is 240 g/mol. The van der Waals surface area contributed by atoms with Gasteiger partial charge in [-0.15, -0.1) is 0 Å². The van der Waals surface area contributed by atoms with E-state index in [9.17, 15) is 0 Å². The highest BCUT2D eigenvalue weighted by molar-refractivity contribution is 9.10. The van der Waals surface area contributed by atoms with Gasteiger partial charge in [-0.25, -0.2) is 0 Å². The Morgan fingerprint density at radius 3 is 2.79 bits per heavy atom. The topological polar surface area (TPSA) is 16.1 Å². The molecule has 0 aromatic carbocycles. The second-order valence-electron chi connectivity index (χ2n) is 3.68. The van der Waals surface area contributed by atoms with E-state index < -0.39 is 0 Å². The molecule has 78 valence electrons. The molecule has 0 aliphatic rings. The zero-order valence-corrected chi connectivity index (χ0v) is 10.6. The van der Waals surface area contributed by atoms with E-state index in [0.29, 0.717) is 6.04 Å². The lowest BCUT2D eigenvalue weighted by Crippen LogP contribution is -2.27. The van der Waals surface area contributed by atoms with Crippen molar-refractivity contribution in [2.24, 2.45) is 0 Å². The van der Waals surface area contributed by atoms with Crippen molar-refractivity contribution in [3.63, 3.8) is 0 Å². The average molecular weight is 257 g/mol. The predicted molar refractivity (Wildman–Crippen MR) is 63.2 cm³/mol. The van der Waals surface area contributed by atoms with Gasteiger partial charge in [0.1, 0.15) is 0 Å². The third-order valence-electron chi connectivity index (χ3n) is 2.54. The minimum absolute atomic E-state index is 0.619. The van der Waals surface area contributed by atoms with Crippen molar-refractivity contribution in [3.8, 4) is 0 Å². The van der Waals surface area contributed by atoms with Crippen LogP contribution in [0.1, 0.15) is 25.8 Å². The third-order valence-corrected chi connectivity index (χ3v) is 2.97. The second kappa shape index (κ2) is 5.47. The summed E-state index contributed by atoms with van der Waals surface area (Å²) in [6.45, 7) is 5.41. The maximum absolute atomic E-state index is 4.15. The first-order valence-electron chi connectivity index (χ1n) is 4.93. The number of rotatable bonds is 4. The molecule has 0 aliphatic heterocycles. The lowest BCUT2D eigenvalue weighted by molar-refractivity contribution is 0.243. The van der Waals surface area contributed by atoms with Crippen LogP contribution in [0.3, 0.4) is 0 Å². The summed E-state index contributed by atoms with van der Waals surface area (Å²) in [5.74, 6) is 0. The summed E-state index contributed by atoms with van der Waals surface area (Å²) in [5.41, 5.74) is 1.25. The van der Waals surface area contributed by atoms with E-state index in [1.165, 1.54) is 12.0 Å². The second-order valence-corrected chi connectivity index (χ2v) is 4.60. The highest BCUT2D eigenvalue weighted by Crippen LogP contribution is 2.12. The maximum Gasteiger partial charge on any atom is 0.0410 e.